The van der Waals surface area contributed by atoms with Crippen molar-refractivity contribution in [1.29, 1.82) is 0 Å². The maximum absolute atomic E-state index is 13.0. The molecular weight excluding hydrogens is 301 g/mol. The van der Waals surface area contributed by atoms with Gasteiger partial charge in [0.2, 0.25) is 0 Å². The van der Waals surface area contributed by atoms with E-state index in [1.807, 2.05) is 0 Å². The van der Waals surface area contributed by atoms with Crippen molar-refractivity contribution in [3.05, 3.63) is 59.3 Å². The van der Waals surface area contributed by atoms with E-state index in [-0.39, 0.29) is 29.1 Å². The van der Waals surface area contributed by atoms with Crippen LogP contribution in [0.4, 0.5) is 4.39 Å². The number of rotatable bonds is 4. The molecule has 0 radical (unpaired) electrons. The summed E-state index contributed by atoms with van der Waals surface area (Å²) in [5.41, 5.74) is 1.01. The van der Waals surface area contributed by atoms with E-state index in [1.165, 1.54) is 18.2 Å². The lowest BCUT2D eigenvalue weighted by Gasteiger charge is -2.13. The van der Waals surface area contributed by atoms with Crippen LogP contribution in [0, 0.1) is 5.82 Å². The van der Waals surface area contributed by atoms with E-state index in [0.29, 0.717) is 0 Å². The largest absolute Gasteiger partial charge is 0.478 e. The molecule has 1 aromatic heterocycles. The van der Waals surface area contributed by atoms with Crippen LogP contribution in [0.2, 0.25) is 0 Å². The fraction of sp³-hybridized carbons (Fsp3) is 0.294. The van der Waals surface area contributed by atoms with Crippen LogP contribution in [0.5, 0.6) is 0 Å². The number of nitrogens with one attached hydrogen (secondary N) is 1. The predicted octanol–water partition coefficient (Wildman–Crippen LogP) is 3.18. The van der Waals surface area contributed by atoms with Gasteiger partial charge in [-0.1, -0.05) is 12.1 Å². The molecule has 0 saturated heterocycles. The summed E-state index contributed by atoms with van der Waals surface area (Å²) < 4.78 is 17.9. The predicted molar refractivity (Wildman–Crippen MR) is 79.9 cm³/mol. The SMILES string of the molecule is O=C(O)c1coc(C(=O)NC2CCC(c3ccc(F)cc3)C2)c1. The number of aromatic carboxylic acids is 1. The maximum atomic E-state index is 13.0. The highest BCUT2D eigenvalue weighted by Crippen LogP contribution is 2.34. The number of furan rings is 1. The van der Waals surface area contributed by atoms with E-state index in [1.54, 1.807) is 12.1 Å². The van der Waals surface area contributed by atoms with Crippen molar-refractivity contribution in [2.45, 2.75) is 31.2 Å². The van der Waals surface area contributed by atoms with Crippen LogP contribution in [0.1, 0.15) is 51.7 Å². The molecule has 1 aliphatic carbocycles. The fourth-order valence-electron chi connectivity index (χ4n) is 2.97. The van der Waals surface area contributed by atoms with Crippen LogP contribution < -0.4 is 5.32 Å². The Morgan fingerprint density at radius 3 is 2.61 bits per heavy atom. The summed E-state index contributed by atoms with van der Waals surface area (Å²) in [4.78, 5) is 22.9. The van der Waals surface area contributed by atoms with Gasteiger partial charge in [-0.2, -0.15) is 0 Å². The average Bonchev–Trinajstić information content (AvgIpc) is 3.17. The van der Waals surface area contributed by atoms with Gasteiger partial charge in [-0.3, -0.25) is 4.79 Å². The van der Waals surface area contributed by atoms with E-state index in [9.17, 15) is 14.0 Å². The van der Waals surface area contributed by atoms with Crippen molar-refractivity contribution >= 4 is 11.9 Å². The first-order chi connectivity index (χ1) is 11.0. The molecule has 1 aromatic carbocycles. The van der Waals surface area contributed by atoms with Crippen molar-refractivity contribution in [3.63, 3.8) is 0 Å². The Kier molecular flexibility index (Phi) is 4.14. The van der Waals surface area contributed by atoms with E-state index < -0.39 is 11.9 Å². The molecule has 1 saturated carbocycles. The summed E-state index contributed by atoms with van der Waals surface area (Å²) in [5.74, 6) is -1.53. The number of hydrogen-bond donors (Lipinski definition) is 2. The average molecular weight is 317 g/mol. The second kappa shape index (κ2) is 6.24. The van der Waals surface area contributed by atoms with Crippen molar-refractivity contribution in [3.8, 4) is 0 Å². The van der Waals surface area contributed by atoms with E-state index in [0.717, 1.165) is 31.1 Å². The van der Waals surface area contributed by atoms with Crippen molar-refractivity contribution < 1.29 is 23.5 Å². The van der Waals surface area contributed by atoms with Gasteiger partial charge in [-0.15, -0.1) is 0 Å². The molecule has 1 heterocycles. The molecule has 120 valence electrons. The summed E-state index contributed by atoms with van der Waals surface area (Å²) in [6.45, 7) is 0. The number of carbonyl (C=O) groups is 2. The van der Waals surface area contributed by atoms with Crippen molar-refractivity contribution in [2.24, 2.45) is 0 Å². The summed E-state index contributed by atoms with van der Waals surface area (Å²) >= 11 is 0. The van der Waals surface area contributed by atoms with Gasteiger partial charge in [0.1, 0.15) is 12.1 Å². The lowest BCUT2D eigenvalue weighted by atomic mass is 9.97. The van der Waals surface area contributed by atoms with Crippen LogP contribution >= 0.6 is 0 Å². The summed E-state index contributed by atoms with van der Waals surface area (Å²) in [6.07, 6.45) is 3.55. The summed E-state index contributed by atoms with van der Waals surface area (Å²) in [7, 11) is 0. The van der Waals surface area contributed by atoms with Gasteiger partial charge in [-0.05, 0) is 42.9 Å². The minimum Gasteiger partial charge on any atom is -0.478 e. The van der Waals surface area contributed by atoms with Crippen LogP contribution in [0.15, 0.2) is 41.0 Å². The first-order valence-electron chi connectivity index (χ1n) is 7.41. The number of carbonyl (C=O) groups excluding carboxylic acids is 1. The third-order valence-electron chi connectivity index (χ3n) is 4.18. The Labute approximate surface area is 132 Å². The molecule has 0 spiro atoms. The second-order valence-electron chi connectivity index (χ2n) is 5.74. The molecule has 2 N–H and O–H groups in total. The first-order valence-corrected chi connectivity index (χ1v) is 7.41. The third-order valence-corrected chi connectivity index (χ3v) is 4.18. The van der Waals surface area contributed by atoms with Crippen LogP contribution in [-0.2, 0) is 0 Å². The zero-order chi connectivity index (χ0) is 16.4. The molecule has 2 atom stereocenters. The Morgan fingerprint density at radius 1 is 1.22 bits per heavy atom. The molecule has 23 heavy (non-hydrogen) atoms. The van der Waals surface area contributed by atoms with Crippen molar-refractivity contribution in [2.75, 3.05) is 0 Å². The molecule has 0 bridgehead atoms. The van der Waals surface area contributed by atoms with Gasteiger partial charge < -0.3 is 14.8 Å². The summed E-state index contributed by atoms with van der Waals surface area (Å²) in [5, 5.41) is 11.7. The number of hydrogen-bond acceptors (Lipinski definition) is 3. The van der Waals surface area contributed by atoms with Crippen LogP contribution in [-0.4, -0.2) is 23.0 Å². The Hall–Kier alpha value is -2.63. The van der Waals surface area contributed by atoms with E-state index >= 15 is 0 Å². The highest BCUT2D eigenvalue weighted by molar-refractivity contribution is 5.95. The van der Waals surface area contributed by atoms with Gasteiger partial charge in [0, 0.05) is 12.1 Å². The minimum atomic E-state index is -1.13. The lowest BCUT2D eigenvalue weighted by Crippen LogP contribution is -2.32. The monoisotopic (exact) mass is 317 g/mol. The molecule has 5 nitrogen and oxygen atoms in total. The zero-order valence-corrected chi connectivity index (χ0v) is 12.3. The van der Waals surface area contributed by atoms with Gasteiger partial charge in [0.05, 0.1) is 5.56 Å². The van der Waals surface area contributed by atoms with Gasteiger partial charge in [0.25, 0.3) is 5.91 Å². The lowest BCUT2D eigenvalue weighted by molar-refractivity contribution is 0.0695. The van der Waals surface area contributed by atoms with Gasteiger partial charge in [-0.25, -0.2) is 9.18 Å². The van der Waals surface area contributed by atoms with Crippen LogP contribution in [0.25, 0.3) is 0 Å². The second-order valence-corrected chi connectivity index (χ2v) is 5.74. The number of carboxylic acid groups (broad SMARTS) is 1. The fourth-order valence-corrected chi connectivity index (χ4v) is 2.97. The molecule has 1 fully saturated rings. The van der Waals surface area contributed by atoms with E-state index in [2.05, 4.69) is 5.32 Å². The van der Waals surface area contributed by atoms with Gasteiger partial charge in [0.15, 0.2) is 5.76 Å². The molecule has 0 aliphatic heterocycles. The first kappa shape index (κ1) is 15.3. The highest BCUT2D eigenvalue weighted by Gasteiger charge is 2.28. The number of carboxylic acids is 1. The molecule has 3 rings (SSSR count). The number of amides is 1. The quantitative estimate of drug-likeness (QED) is 0.907. The van der Waals surface area contributed by atoms with Crippen molar-refractivity contribution in [1.82, 2.24) is 5.32 Å². The van der Waals surface area contributed by atoms with Gasteiger partial charge >= 0.3 is 5.97 Å². The smallest absolute Gasteiger partial charge is 0.338 e. The Bertz CT molecular complexity index is 722. The third kappa shape index (κ3) is 3.41. The Morgan fingerprint density at radius 2 is 1.96 bits per heavy atom. The van der Waals surface area contributed by atoms with Crippen LogP contribution in [0.3, 0.4) is 0 Å². The molecule has 2 aromatic rings. The number of halogens is 1. The number of benzene rings is 1. The molecule has 2 unspecified atom stereocenters. The Balaban J connectivity index is 1.59. The standard InChI is InChI=1S/C17H16FNO4/c18-13-4-1-10(2-5-13)11-3-6-14(7-11)19-16(20)15-8-12(9-23-15)17(21)22/h1-2,4-5,8-9,11,14H,3,6-7H2,(H,19,20)(H,21,22). The molecule has 1 aliphatic rings. The normalized spacial score (nSPS) is 20.4. The molecular formula is C17H16FNO4. The summed E-state index contributed by atoms with van der Waals surface area (Å²) in [6, 6.07) is 7.64. The highest BCUT2D eigenvalue weighted by atomic mass is 19.1. The maximum Gasteiger partial charge on any atom is 0.338 e. The van der Waals surface area contributed by atoms with E-state index in [4.69, 9.17) is 9.52 Å². The topological polar surface area (TPSA) is 79.5 Å². The molecule has 1 amide bonds. The minimum absolute atomic E-state index is 0.00377. The zero-order valence-electron chi connectivity index (χ0n) is 12.3. The molecule has 6 heteroatoms.